The van der Waals surface area contributed by atoms with E-state index < -0.39 is 66.8 Å². The highest BCUT2D eigenvalue weighted by Gasteiger charge is 2.25. The fourth-order valence-electron chi connectivity index (χ4n) is 5.25. The number of carboxylic acids is 3. The average molecular weight is 913 g/mol. The number of benzene rings is 1. The van der Waals surface area contributed by atoms with Crippen LogP contribution in [0.3, 0.4) is 0 Å². The number of rotatable bonds is 38. The number of carboxylic acid groups (broad SMARTS) is 3. The Morgan fingerprint density at radius 3 is 1.44 bits per heavy atom. The minimum Gasteiger partial charge on any atom is -0.480 e. The Bertz CT molecular complexity index is 1620. The van der Waals surface area contributed by atoms with Crippen molar-refractivity contribution in [1.82, 2.24) is 37.2 Å². The van der Waals surface area contributed by atoms with Crippen molar-refractivity contribution >= 4 is 59.0 Å². The minimum absolute atomic E-state index is 0.00824. The van der Waals surface area contributed by atoms with Gasteiger partial charge in [-0.3, -0.25) is 33.6 Å². The normalized spacial score (nSPS) is 12.2. The van der Waals surface area contributed by atoms with Crippen LogP contribution >= 0.6 is 0 Å². The van der Waals surface area contributed by atoms with Gasteiger partial charge in [0.1, 0.15) is 31.3 Å². The van der Waals surface area contributed by atoms with Gasteiger partial charge in [0, 0.05) is 63.2 Å². The maximum atomic E-state index is 12.4. The first-order chi connectivity index (χ1) is 30.7. The van der Waals surface area contributed by atoms with E-state index in [4.69, 9.17) is 24.1 Å². The van der Waals surface area contributed by atoms with Gasteiger partial charge in [0.25, 0.3) is 5.91 Å². The van der Waals surface area contributed by atoms with Gasteiger partial charge in [-0.25, -0.2) is 9.59 Å². The van der Waals surface area contributed by atoms with E-state index in [2.05, 4.69) is 49.5 Å². The molecule has 1 aromatic carbocycles. The summed E-state index contributed by atoms with van der Waals surface area (Å²) in [6, 6.07) is 3.31. The highest BCUT2D eigenvalue weighted by molar-refractivity contribution is 5.94. The van der Waals surface area contributed by atoms with Crippen molar-refractivity contribution in [2.45, 2.75) is 70.0 Å². The molecule has 24 nitrogen and oxygen atoms in total. The van der Waals surface area contributed by atoms with Crippen molar-refractivity contribution in [3.63, 3.8) is 0 Å². The fraction of sp³-hybridized carbons (Fsp3) is 0.625. The molecule has 0 bridgehead atoms. The summed E-state index contributed by atoms with van der Waals surface area (Å²) < 4.78 is 21.0. The molecule has 1 unspecified atom stereocenters. The first-order valence-electron chi connectivity index (χ1n) is 20.8. The first kappa shape index (κ1) is 56.1. The van der Waals surface area contributed by atoms with Crippen LogP contribution in [0.1, 0.15) is 62.2 Å². The van der Waals surface area contributed by atoms with Crippen LogP contribution in [-0.2, 0) is 57.3 Å². The fourth-order valence-corrected chi connectivity index (χ4v) is 5.25. The molecule has 0 saturated carbocycles. The van der Waals surface area contributed by atoms with Crippen molar-refractivity contribution < 1.29 is 77.4 Å². The predicted molar refractivity (Wildman–Crippen MR) is 227 cm³/mol. The summed E-state index contributed by atoms with van der Waals surface area (Å²) in [7, 11) is 1.48. The number of likely N-dealkylation sites (N-methyl/N-ethyl adjacent to an activating group) is 1. The second-order valence-corrected chi connectivity index (χ2v) is 13.9. The topological polar surface area (TPSA) is 347 Å². The summed E-state index contributed by atoms with van der Waals surface area (Å²) in [6.07, 6.45) is -0.229. The molecule has 0 aliphatic carbocycles. The van der Waals surface area contributed by atoms with Crippen LogP contribution in [0.2, 0.25) is 0 Å². The Morgan fingerprint density at radius 2 is 0.938 bits per heavy atom. The number of ether oxygens (including phenoxy) is 4. The van der Waals surface area contributed by atoms with Crippen LogP contribution in [-0.4, -0.2) is 179 Å². The molecule has 3 atom stereocenters. The minimum atomic E-state index is -1.48. The molecule has 0 heterocycles. The van der Waals surface area contributed by atoms with E-state index in [0.29, 0.717) is 5.56 Å². The number of nitrogens with one attached hydrogen (secondary N) is 8. The van der Waals surface area contributed by atoms with Crippen LogP contribution in [0.5, 0.6) is 0 Å². The van der Waals surface area contributed by atoms with Gasteiger partial charge in [0.2, 0.25) is 29.5 Å². The number of hydrogen-bond acceptors (Lipinski definition) is 15. The van der Waals surface area contributed by atoms with E-state index in [1.165, 1.54) is 7.05 Å². The number of carbonyl (C=O) groups is 9. The zero-order valence-corrected chi connectivity index (χ0v) is 36.3. The summed E-state index contributed by atoms with van der Waals surface area (Å²) in [4.78, 5) is 107. The van der Waals surface area contributed by atoms with E-state index in [1.54, 1.807) is 12.1 Å². The third-order valence-corrected chi connectivity index (χ3v) is 8.70. The van der Waals surface area contributed by atoms with Gasteiger partial charge in [0.05, 0.1) is 39.6 Å². The van der Waals surface area contributed by atoms with Gasteiger partial charge in [0.15, 0.2) is 0 Å². The molecule has 11 N–H and O–H groups in total. The molecular weight excluding hydrogens is 848 g/mol. The maximum Gasteiger partial charge on any atom is 0.326 e. The summed E-state index contributed by atoms with van der Waals surface area (Å²) in [5, 5.41) is 48.7. The van der Waals surface area contributed by atoms with Crippen LogP contribution in [0.25, 0.3) is 0 Å². The average Bonchev–Trinajstić information content (AvgIpc) is 3.26. The van der Waals surface area contributed by atoms with Gasteiger partial charge in [-0.2, -0.15) is 0 Å². The molecule has 0 radical (unpaired) electrons. The molecule has 1 rings (SSSR count). The molecule has 0 aromatic heterocycles. The van der Waals surface area contributed by atoms with Crippen molar-refractivity contribution in [3.05, 3.63) is 29.8 Å². The lowest BCUT2D eigenvalue weighted by molar-refractivity contribution is -0.144. The summed E-state index contributed by atoms with van der Waals surface area (Å²) in [6.45, 7) is 3.30. The third kappa shape index (κ3) is 27.9. The van der Waals surface area contributed by atoms with Crippen molar-refractivity contribution in [1.29, 1.82) is 0 Å². The Hall–Kier alpha value is -5.95. The largest absolute Gasteiger partial charge is 0.480 e. The molecular formula is C40H64N8O16. The molecule has 0 spiro atoms. The first-order valence-corrected chi connectivity index (χ1v) is 20.8. The number of anilines is 1. The second kappa shape index (κ2) is 34.5. The lowest BCUT2D eigenvalue weighted by Crippen LogP contribution is -2.45. The summed E-state index contributed by atoms with van der Waals surface area (Å²) in [5.41, 5.74) is 1.43. The molecule has 6 amide bonds. The second-order valence-electron chi connectivity index (χ2n) is 13.9. The van der Waals surface area contributed by atoms with Gasteiger partial charge >= 0.3 is 17.9 Å². The predicted octanol–water partition coefficient (Wildman–Crippen LogP) is -2.19. The zero-order chi connectivity index (χ0) is 47.5. The quantitative estimate of drug-likeness (QED) is 0.0314. The van der Waals surface area contributed by atoms with Crippen molar-refractivity contribution in [2.75, 3.05) is 97.9 Å². The smallest absolute Gasteiger partial charge is 0.326 e. The lowest BCUT2D eigenvalue weighted by atomic mass is 10.1. The molecule has 0 saturated heterocycles. The van der Waals surface area contributed by atoms with Crippen molar-refractivity contribution in [3.8, 4) is 0 Å². The lowest BCUT2D eigenvalue weighted by Gasteiger charge is -2.17. The molecule has 64 heavy (non-hydrogen) atoms. The highest BCUT2D eigenvalue weighted by atomic mass is 16.5. The summed E-state index contributed by atoms with van der Waals surface area (Å²) >= 11 is 0. The van der Waals surface area contributed by atoms with Crippen LogP contribution in [0.15, 0.2) is 24.3 Å². The van der Waals surface area contributed by atoms with Crippen LogP contribution in [0.4, 0.5) is 5.69 Å². The van der Waals surface area contributed by atoms with Gasteiger partial charge in [-0.15, -0.1) is 0 Å². The molecule has 0 aliphatic rings. The Kier molecular flexibility index (Phi) is 30.2. The van der Waals surface area contributed by atoms with Gasteiger partial charge in [-0.05, 0) is 57.0 Å². The van der Waals surface area contributed by atoms with E-state index in [9.17, 15) is 53.4 Å². The van der Waals surface area contributed by atoms with E-state index >= 15 is 0 Å². The zero-order valence-electron chi connectivity index (χ0n) is 36.3. The van der Waals surface area contributed by atoms with E-state index in [0.717, 1.165) is 18.7 Å². The molecule has 360 valence electrons. The van der Waals surface area contributed by atoms with E-state index in [-0.39, 0.29) is 122 Å². The Morgan fingerprint density at radius 1 is 0.500 bits per heavy atom. The van der Waals surface area contributed by atoms with Gasteiger partial charge < -0.3 is 76.8 Å². The van der Waals surface area contributed by atoms with Crippen molar-refractivity contribution in [2.24, 2.45) is 0 Å². The van der Waals surface area contributed by atoms with E-state index in [1.807, 2.05) is 12.1 Å². The monoisotopic (exact) mass is 912 g/mol. The third-order valence-electron chi connectivity index (χ3n) is 8.70. The maximum absolute atomic E-state index is 12.4. The summed E-state index contributed by atoms with van der Waals surface area (Å²) in [5.74, 6) is -6.99. The number of carbonyl (C=O) groups excluding carboxylic acids is 6. The van der Waals surface area contributed by atoms with Gasteiger partial charge in [-0.1, -0.05) is 6.92 Å². The standard InChI is InChI=1S/C40H64N8O16/c1-3-14-42-28-6-4-27(5-7-28)37(54)46-16-15-43-35(52)25-63-23-21-61-20-18-45-33(50)12-9-30(39(57)58)47-34(51)13-10-31(40(59)60)48-36(53)26-64-24-22-62-19-17-44-32(49)11-8-29(41-2)38(55)56/h4-7,29-31,41-42H,3,8-26H2,1-2H3,(H,43,52)(H,44,49)(H,45,50)(H,46,54)(H,47,51)(H,48,53)(H,55,56)(H,57,58)(H,59,60)/t29-,30?,31-/m0/s1. The Labute approximate surface area is 371 Å². The van der Waals surface area contributed by atoms with Crippen LogP contribution in [0, 0.1) is 0 Å². The Balaban J connectivity index is 2.15. The molecule has 1 aromatic rings. The SMILES string of the molecule is CCCNc1ccc(C(=O)NCCNC(=O)COCCOCCNC(=O)CCC(NC(=O)CC[C@H](NC(=O)COCCOCCNC(=O)CC[C@H](NC)C(=O)O)C(=O)O)C(=O)O)cc1. The number of aliphatic carboxylic acids is 3. The molecule has 0 fully saturated rings. The molecule has 0 aliphatic heterocycles. The number of hydrogen-bond donors (Lipinski definition) is 11. The molecule has 24 heteroatoms. The van der Waals surface area contributed by atoms with Crippen LogP contribution < -0.4 is 42.5 Å². The highest BCUT2D eigenvalue weighted by Crippen LogP contribution is 2.09. The number of amides is 6.